The van der Waals surface area contributed by atoms with Crippen LogP contribution in [0.5, 0.6) is 0 Å². The SMILES string of the molecule is CC(=O)Sc1ccc(N2C[C@H](CN)OC2=O)cc1F. The van der Waals surface area contributed by atoms with E-state index in [4.69, 9.17) is 10.5 Å². The quantitative estimate of drug-likeness (QED) is 0.856. The molecule has 0 aliphatic carbocycles. The number of benzene rings is 1. The summed E-state index contributed by atoms with van der Waals surface area (Å²) in [7, 11) is 0. The Kier molecular flexibility index (Phi) is 4.06. The molecule has 1 aliphatic rings. The highest BCUT2D eigenvalue weighted by Gasteiger charge is 2.31. The number of rotatable bonds is 3. The first-order valence-corrected chi connectivity index (χ1v) is 6.49. The summed E-state index contributed by atoms with van der Waals surface area (Å²) in [6, 6.07) is 4.26. The van der Waals surface area contributed by atoms with Gasteiger partial charge in [0.2, 0.25) is 0 Å². The lowest BCUT2D eigenvalue weighted by Crippen LogP contribution is -2.27. The van der Waals surface area contributed by atoms with Gasteiger partial charge in [0.15, 0.2) is 5.12 Å². The van der Waals surface area contributed by atoms with E-state index in [0.717, 1.165) is 11.8 Å². The lowest BCUT2D eigenvalue weighted by Gasteiger charge is -2.13. The first-order valence-electron chi connectivity index (χ1n) is 5.67. The highest BCUT2D eigenvalue weighted by molar-refractivity contribution is 8.13. The Labute approximate surface area is 113 Å². The number of thioether (sulfide) groups is 1. The number of hydrogen-bond acceptors (Lipinski definition) is 5. The van der Waals surface area contributed by atoms with E-state index in [0.29, 0.717) is 12.2 Å². The van der Waals surface area contributed by atoms with Crippen LogP contribution in [0, 0.1) is 5.82 Å². The van der Waals surface area contributed by atoms with E-state index in [1.54, 1.807) is 6.07 Å². The van der Waals surface area contributed by atoms with E-state index in [1.807, 2.05) is 0 Å². The van der Waals surface area contributed by atoms with Gasteiger partial charge in [-0.3, -0.25) is 9.69 Å². The van der Waals surface area contributed by atoms with Crippen molar-refractivity contribution in [2.45, 2.75) is 17.9 Å². The maximum atomic E-state index is 13.8. The second-order valence-electron chi connectivity index (χ2n) is 4.06. The van der Waals surface area contributed by atoms with E-state index in [-0.39, 0.29) is 22.7 Å². The minimum Gasteiger partial charge on any atom is -0.443 e. The van der Waals surface area contributed by atoms with Gasteiger partial charge < -0.3 is 10.5 Å². The minimum absolute atomic E-state index is 0.199. The fourth-order valence-corrected chi connectivity index (χ4v) is 2.35. The number of cyclic esters (lactones) is 1. The topological polar surface area (TPSA) is 72.6 Å². The largest absolute Gasteiger partial charge is 0.443 e. The number of nitrogens with two attached hydrogens (primary N) is 1. The van der Waals surface area contributed by atoms with Crippen molar-refractivity contribution in [3.63, 3.8) is 0 Å². The number of anilines is 1. The van der Waals surface area contributed by atoms with Gasteiger partial charge in [0.25, 0.3) is 0 Å². The van der Waals surface area contributed by atoms with Crippen LogP contribution in [-0.4, -0.2) is 30.4 Å². The Morgan fingerprint density at radius 2 is 2.37 bits per heavy atom. The molecule has 19 heavy (non-hydrogen) atoms. The Balaban J connectivity index is 2.20. The molecule has 5 nitrogen and oxygen atoms in total. The molecular weight excluding hydrogens is 271 g/mol. The smallest absolute Gasteiger partial charge is 0.414 e. The molecule has 0 bridgehead atoms. The van der Waals surface area contributed by atoms with Gasteiger partial charge in [0.05, 0.1) is 17.1 Å². The average molecular weight is 284 g/mol. The number of amides is 1. The molecule has 1 aromatic rings. The molecule has 1 heterocycles. The van der Waals surface area contributed by atoms with Gasteiger partial charge >= 0.3 is 6.09 Å². The van der Waals surface area contributed by atoms with Gasteiger partial charge in [0, 0.05) is 13.5 Å². The second kappa shape index (κ2) is 5.58. The van der Waals surface area contributed by atoms with Crippen LogP contribution in [0.3, 0.4) is 0 Å². The molecule has 1 atom stereocenters. The van der Waals surface area contributed by atoms with Crippen molar-refractivity contribution in [1.29, 1.82) is 0 Å². The van der Waals surface area contributed by atoms with Crippen molar-refractivity contribution in [3.05, 3.63) is 24.0 Å². The summed E-state index contributed by atoms with van der Waals surface area (Å²) in [6.07, 6.45) is -0.913. The van der Waals surface area contributed by atoms with Gasteiger partial charge in [-0.25, -0.2) is 9.18 Å². The van der Waals surface area contributed by atoms with E-state index < -0.39 is 11.9 Å². The van der Waals surface area contributed by atoms with E-state index in [1.165, 1.54) is 24.0 Å². The fourth-order valence-electron chi connectivity index (χ4n) is 1.75. The van der Waals surface area contributed by atoms with Crippen LogP contribution in [0.2, 0.25) is 0 Å². The van der Waals surface area contributed by atoms with Crippen LogP contribution < -0.4 is 10.6 Å². The highest BCUT2D eigenvalue weighted by Crippen LogP contribution is 2.28. The number of hydrogen-bond donors (Lipinski definition) is 1. The molecule has 1 aromatic carbocycles. The van der Waals surface area contributed by atoms with Crippen LogP contribution in [0.15, 0.2) is 23.1 Å². The van der Waals surface area contributed by atoms with Crippen molar-refractivity contribution < 1.29 is 18.7 Å². The van der Waals surface area contributed by atoms with Gasteiger partial charge in [-0.2, -0.15) is 0 Å². The normalized spacial score (nSPS) is 18.6. The van der Waals surface area contributed by atoms with Crippen LogP contribution >= 0.6 is 11.8 Å². The molecule has 1 saturated heterocycles. The molecular formula is C12H13FN2O3S. The van der Waals surface area contributed by atoms with Crippen molar-refractivity contribution in [1.82, 2.24) is 0 Å². The zero-order valence-electron chi connectivity index (χ0n) is 10.3. The van der Waals surface area contributed by atoms with Crippen molar-refractivity contribution in [2.24, 2.45) is 5.73 Å². The third kappa shape index (κ3) is 3.05. The number of nitrogens with zero attached hydrogens (tertiary/aromatic N) is 1. The zero-order chi connectivity index (χ0) is 14.0. The summed E-state index contributed by atoms with van der Waals surface area (Å²) >= 11 is 0.814. The van der Waals surface area contributed by atoms with Crippen LogP contribution in [0.4, 0.5) is 14.9 Å². The predicted octanol–water partition coefficient (Wildman–Crippen LogP) is 1.75. The van der Waals surface area contributed by atoms with Gasteiger partial charge in [-0.1, -0.05) is 0 Å². The lowest BCUT2D eigenvalue weighted by atomic mass is 10.2. The van der Waals surface area contributed by atoms with Crippen molar-refractivity contribution >= 4 is 28.7 Å². The molecule has 1 amide bonds. The Morgan fingerprint density at radius 1 is 1.63 bits per heavy atom. The molecule has 102 valence electrons. The number of halogens is 1. The molecule has 1 fully saturated rings. The monoisotopic (exact) mass is 284 g/mol. The maximum absolute atomic E-state index is 13.8. The van der Waals surface area contributed by atoms with Crippen LogP contribution in [0.25, 0.3) is 0 Å². The Hall–Kier alpha value is -1.60. The average Bonchev–Trinajstić information content (AvgIpc) is 2.73. The molecule has 0 radical (unpaired) electrons. The summed E-state index contributed by atoms with van der Waals surface area (Å²) in [5, 5.41) is -0.199. The predicted molar refractivity (Wildman–Crippen MR) is 69.6 cm³/mol. The van der Waals surface area contributed by atoms with Crippen molar-refractivity contribution in [2.75, 3.05) is 18.0 Å². The van der Waals surface area contributed by atoms with Crippen LogP contribution in [0.1, 0.15) is 6.92 Å². The van der Waals surface area contributed by atoms with E-state index in [2.05, 4.69) is 0 Å². The molecule has 2 N–H and O–H groups in total. The van der Waals surface area contributed by atoms with Gasteiger partial charge in [0.1, 0.15) is 11.9 Å². The summed E-state index contributed by atoms with van der Waals surface area (Å²) in [5.41, 5.74) is 5.82. The van der Waals surface area contributed by atoms with E-state index in [9.17, 15) is 14.0 Å². The summed E-state index contributed by atoms with van der Waals surface area (Å²) in [5.74, 6) is -0.540. The molecule has 0 saturated carbocycles. The molecule has 0 unspecified atom stereocenters. The first kappa shape index (κ1) is 13.8. The Bertz CT molecular complexity index is 524. The highest BCUT2D eigenvalue weighted by atomic mass is 32.2. The third-order valence-corrected chi connectivity index (χ3v) is 3.46. The standard InChI is InChI=1S/C12H13FN2O3S/c1-7(16)19-11-3-2-8(4-10(11)13)15-6-9(5-14)18-12(15)17/h2-4,9H,5-6,14H2,1H3/t9-/m0/s1. The van der Waals surface area contributed by atoms with Gasteiger partial charge in [-0.05, 0) is 30.0 Å². The summed E-state index contributed by atoms with van der Waals surface area (Å²) < 4.78 is 18.8. The second-order valence-corrected chi connectivity index (χ2v) is 5.28. The number of carbonyl (C=O) groups excluding carboxylic acids is 2. The minimum atomic E-state index is -0.540. The maximum Gasteiger partial charge on any atom is 0.414 e. The zero-order valence-corrected chi connectivity index (χ0v) is 11.1. The molecule has 2 rings (SSSR count). The van der Waals surface area contributed by atoms with Crippen molar-refractivity contribution in [3.8, 4) is 0 Å². The molecule has 1 aliphatic heterocycles. The Morgan fingerprint density at radius 3 is 2.89 bits per heavy atom. The molecule has 0 spiro atoms. The van der Waals surface area contributed by atoms with Gasteiger partial charge in [-0.15, -0.1) is 0 Å². The summed E-state index contributed by atoms with van der Waals surface area (Å²) in [6.45, 7) is 1.89. The molecule has 7 heteroatoms. The van der Waals surface area contributed by atoms with Crippen LogP contribution in [-0.2, 0) is 9.53 Å². The van der Waals surface area contributed by atoms with E-state index >= 15 is 0 Å². The lowest BCUT2D eigenvalue weighted by molar-refractivity contribution is -0.109. The first-order chi connectivity index (χ1) is 9.01. The number of carbonyl (C=O) groups is 2. The fraction of sp³-hybridized carbons (Fsp3) is 0.333. The summed E-state index contributed by atoms with van der Waals surface area (Å²) in [4.78, 5) is 24.1. The molecule has 0 aromatic heterocycles. The third-order valence-electron chi connectivity index (χ3n) is 2.62. The number of ether oxygens (including phenoxy) is 1.